The maximum Gasteiger partial charge on any atom is 0.254 e. The van der Waals surface area contributed by atoms with E-state index in [2.05, 4.69) is 53.6 Å². The summed E-state index contributed by atoms with van der Waals surface area (Å²) in [4.78, 5) is 34.2. The Morgan fingerprint density at radius 1 is 1.06 bits per heavy atom. The number of likely N-dealkylation sites (tertiary alicyclic amines) is 1. The lowest BCUT2D eigenvalue weighted by Crippen LogP contribution is -2.50. The Hall–Kier alpha value is -3.15. The van der Waals surface area contributed by atoms with Crippen LogP contribution in [-0.2, 0) is 9.59 Å². The van der Waals surface area contributed by atoms with E-state index in [9.17, 15) is 9.59 Å². The molecule has 6 heteroatoms. The molecule has 2 amide bonds. The van der Waals surface area contributed by atoms with E-state index in [0.29, 0.717) is 38.3 Å². The van der Waals surface area contributed by atoms with Gasteiger partial charge in [0, 0.05) is 39.5 Å². The first kappa shape index (κ1) is 21.1. The SMILES string of the molecule is Cc1ccc([C@H](CC(=O)N2CCC3(CC2)N=C(N(C)C)NC3=O)c2ccccc2)cc1. The van der Waals surface area contributed by atoms with Gasteiger partial charge in [0.25, 0.3) is 5.91 Å². The van der Waals surface area contributed by atoms with Gasteiger partial charge in [-0.05, 0) is 30.9 Å². The largest absolute Gasteiger partial charge is 0.349 e. The number of nitrogens with zero attached hydrogens (tertiary/aromatic N) is 3. The number of amides is 2. The normalized spacial score (nSPS) is 18.5. The molecule has 0 bridgehead atoms. The van der Waals surface area contributed by atoms with Crippen LogP contribution < -0.4 is 5.32 Å². The number of rotatable bonds is 4. The second kappa shape index (κ2) is 8.53. The van der Waals surface area contributed by atoms with Crippen molar-refractivity contribution in [2.75, 3.05) is 27.2 Å². The predicted octanol–water partition coefficient (Wildman–Crippen LogP) is 2.93. The standard InChI is InChI=1S/C25H30N4O2/c1-18-9-11-20(12-10-18)21(19-7-5-4-6-8-19)17-22(30)29-15-13-25(14-16-29)23(31)26-24(27-25)28(2)3/h4-12,21H,13-17H2,1-3H3,(H,26,27,31)/t21-/m1/s1. The smallest absolute Gasteiger partial charge is 0.254 e. The second-order valence-electron chi connectivity index (χ2n) is 8.77. The lowest BCUT2D eigenvalue weighted by atomic mass is 9.85. The topological polar surface area (TPSA) is 65.0 Å². The molecule has 2 aromatic rings. The van der Waals surface area contributed by atoms with E-state index >= 15 is 0 Å². The number of hydrogen-bond donors (Lipinski definition) is 1. The summed E-state index contributed by atoms with van der Waals surface area (Å²) >= 11 is 0. The van der Waals surface area contributed by atoms with Crippen molar-refractivity contribution in [2.24, 2.45) is 4.99 Å². The predicted molar refractivity (Wildman–Crippen MR) is 122 cm³/mol. The van der Waals surface area contributed by atoms with Crippen LogP contribution in [-0.4, -0.2) is 60.3 Å². The molecular weight excluding hydrogens is 388 g/mol. The number of aryl methyl sites for hydroxylation is 1. The maximum absolute atomic E-state index is 13.3. The van der Waals surface area contributed by atoms with Crippen molar-refractivity contribution >= 4 is 17.8 Å². The maximum atomic E-state index is 13.3. The number of carbonyl (C=O) groups excluding carboxylic acids is 2. The Bertz CT molecular complexity index is 974. The highest BCUT2D eigenvalue weighted by Gasteiger charge is 2.46. The van der Waals surface area contributed by atoms with Crippen LogP contribution in [0.4, 0.5) is 0 Å². The van der Waals surface area contributed by atoms with Crippen LogP contribution in [0.25, 0.3) is 0 Å². The summed E-state index contributed by atoms with van der Waals surface area (Å²) in [7, 11) is 3.73. The first-order valence-corrected chi connectivity index (χ1v) is 10.9. The van der Waals surface area contributed by atoms with Gasteiger partial charge in [-0.15, -0.1) is 0 Å². The molecule has 2 aliphatic heterocycles. The van der Waals surface area contributed by atoms with E-state index < -0.39 is 5.54 Å². The molecule has 0 saturated carbocycles. The van der Waals surface area contributed by atoms with Crippen LogP contribution in [0.1, 0.15) is 41.9 Å². The number of aliphatic imine (C=N–C) groups is 1. The number of benzene rings is 2. The minimum absolute atomic E-state index is 0.0123. The first-order valence-electron chi connectivity index (χ1n) is 10.9. The molecule has 1 spiro atoms. The highest BCUT2D eigenvalue weighted by Crippen LogP contribution is 2.33. The highest BCUT2D eigenvalue weighted by molar-refractivity contribution is 6.07. The monoisotopic (exact) mass is 418 g/mol. The van der Waals surface area contributed by atoms with E-state index in [1.165, 1.54) is 5.56 Å². The van der Waals surface area contributed by atoms with Gasteiger partial charge < -0.3 is 9.80 Å². The van der Waals surface area contributed by atoms with Crippen molar-refractivity contribution in [1.82, 2.24) is 15.1 Å². The third-order valence-corrected chi connectivity index (χ3v) is 6.40. The molecule has 2 aromatic carbocycles. The van der Waals surface area contributed by atoms with Gasteiger partial charge >= 0.3 is 0 Å². The molecule has 0 aromatic heterocycles. The minimum atomic E-state index is -0.730. The Kier molecular flexibility index (Phi) is 5.81. The van der Waals surface area contributed by atoms with Crippen LogP contribution in [0.15, 0.2) is 59.6 Å². The van der Waals surface area contributed by atoms with Gasteiger partial charge in [-0.25, -0.2) is 4.99 Å². The molecule has 4 rings (SSSR count). The molecule has 1 saturated heterocycles. The zero-order valence-electron chi connectivity index (χ0n) is 18.5. The molecule has 1 N–H and O–H groups in total. The fourth-order valence-corrected chi connectivity index (χ4v) is 4.39. The number of carbonyl (C=O) groups is 2. The van der Waals surface area contributed by atoms with Crippen LogP contribution in [0.5, 0.6) is 0 Å². The molecule has 6 nitrogen and oxygen atoms in total. The van der Waals surface area contributed by atoms with Crippen molar-refractivity contribution < 1.29 is 9.59 Å². The molecular formula is C25H30N4O2. The Morgan fingerprint density at radius 3 is 2.26 bits per heavy atom. The summed E-state index contributed by atoms with van der Waals surface area (Å²) < 4.78 is 0. The summed E-state index contributed by atoms with van der Waals surface area (Å²) in [6, 6.07) is 18.6. The van der Waals surface area contributed by atoms with Crippen molar-refractivity contribution in [1.29, 1.82) is 0 Å². The van der Waals surface area contributed by atoms with Gasteiger partial charge in [-0.2, -0.15) is 0 Å². The molecule has 0 unspecified atom stereocenters. The van der Waals surface area contributed by atoms with E-state index in [0.717, 1.165) is 11.1 Å². The van der Waals surface area contributed by atoms with Crippen molar-refractivity contribution in [2.45, 2.75) is 37.6 Å². The fourth-order valence-electron chi connectivity index (χ4n) is 4.39. The minimum Gasteiger partial charge on any atom is -0.349 e. The van der Waals surface area contributed by atoms with Crippen LogP contribution >= 0.6 is 0 Å². The number of piperidine rings is 1. The molecule has 1 atom stereocenters. The van der Waals surface area contributed by atoms with E-state index in [1.54, 1.807) is 0 Å². The summed E-state index contributed by atoms with van der Waals surface area (Å²) in [6.45, 7) is 3.16. The Morgan fingerprint density at radius 2 is 1.68 bits per heavy atom. The molecule has 1 fully saturated rings. The lowest BCUT2D eigenvalue weighted by molar-refractivity contribution is -0.135. The number of guanidine groups is 1. The molecule has 0 radical (unpaired) electrons. The van der Waals surface area contributed by atoms with Crippen molar-refractivity contribution in [3.05, 3.63) is 71.3 Å². The van der Waals surface area contributed by atoms with Crippen LogP contribution in [0.2, 0.25) is 0 Å². The number of nitrogens with one attached hydrogen (secondary N) is 1. The van der Waals surface area contributed by atoms with Gasteiger partial charge in [0.1, 0.15) is 5.54 Å². The third kappa shape index (κ3) is 4.33. The molecule has 162 valence electrons. The van der Waals surface area contributed by atoms with Gasteiger partial charge in [0.05, 0.1) is 0 Å². The van der Waals surface area contributed by atoms with Gasteiger partial charge in [0.2, 0.25) is 11.9 Å². The zero-order chi connectivity index (χ0) is 22.0. The average molecular weight is 419 g/mol. The van der Waals surface area contributed by atoms with Gasteiger partial charge in [0.15, 0.2) is 0 Å². The lowest BCUT2D eigenvalue weighted by Gasteiger charge is -2.36. The second-order valence-corrected chi connectivity index (χ2v) is 8.77. The van der Waals surface area contributed by atoms with Gasteiger partial charge in [-0.3, -0.25) is 14.9 Å². The molecule has 31 heavy (non-hydrogen) atoms. The molecule has 2 heterocycles. The Labute approximate surface area is 184 Å². The zero-order valence-corrected chi connectivity index (χ0v) is 18.5. The summed E-state index contributed by atoms with van der Waals surface area (Å²) in [5.74, 6) is 0.691. The van der Waals surface area contributed by atoms with Crippen LogP contribution in [0.3, 0.4) is 0 Å². The third-order valence-electron chi connectivity index (χ3n) is 6.40. The molecule has 2 aliphatic rings. The first-order chi connectivity index (χ1) is 14.9. The van der Waals surface area contributed by atoms with E-state index in [-0.39, 0.29) is 17.7 Å². The van der Waals surface area contributed by atoms with Crippen molar-refractivity contribution in [3.8, 4) is 0 Å². The van der Waals surface area contributed by atoms with Crippen LogP contribution in [0, 0.1) is 6.92 Å². The average Bonchev–Trinajstić information content (AvgIpc) is 3.10. The fraction of sp³-hybridized carbons (Fsp3) is 0.400. The summed E-state index contributed by atoms with van der Waals surface area (Å²) in [6.07, 6.45) is 1.53. The van der Waals surface area contributed by atoms with Gasteiger partial charge in [-0.1, -0.05) is 60.2 Å². The summed E-state index contributed by atoms with van der Waals surface area (Å²) in [5, 5.41) is 2.87. The Balaban J connectivity index is 1.48. The van der Waals surface area contributed by atoms with E-state index in [4.69, 9.17) is 0 Å². The number of hydrogen-bond acceptors (Lipinski definition) is 4. The molecule has 0 aliphatic carbocycles. The highest BCUT2D eigenvalue weighted by atomic mass is 16.2. The summed E-state index contributed by atoms with van der Waals surface area (Å²) in [5.41, 5.74) is 2.76. The van der Waals surface area contributed by atoms with Crippen molar-refractivity contribution in [3.63, 3.8) is 0 Å². The van der Waals surface area contributed by atoms with E-state index in [1.807, 2.05) is 42.1 Å². The quantitative estimate of drug-likeness (QED) is 0.830.